The lowest BCUT2D eigenvalue weighted by atomic mass is 10.2. The van der Waals surface area contributed by atoms with E-state index in [0.717, 1.165) is 13.0 Å². The van der Waals surface area contributed by atoms with Crippen molar-refractivity contribution in [2.24, 2.45) is 5.11 Å². The Hall–Kier alpha value is -0.730. The number of rotatable bonds is 10. The van der Waals surface area contributed by atoms with Gasteiger partial charge in [-0.2, -0.15) is 0 Å². The Morgan fingerprint density at radius 1 is 1.00 bits per heavy atom. The molecule has 0 bridgehead atoms. The normalized spacial score (nSPS) is 10.3. The predicted octanol–water partition coefficient (Wildman–Crippen LogP) is 3.59. The second kappa shape index (κ2) is 11.3. The molecule has 15 heavy (non-hydrogen) atoms. The van der Waals surface area contributed by atoms with Crippen LogP contribution in [0.3, 0.4) is 0 Å². The van der Waals surface area contributed by atoms with Crippen LogP contribution in [-0.4, -0.2) is 31.1 Å². The average Bonchev–Trinajstić information content (AvgIpc) is 2.27. The largest absolute Gasteiger partial charge is 0.303 e. The highest BCUT2D eigenvalue weighted by Crippen LogP contribution is 2.00. The lowest BCUT2D eigenvalue weighted by Crippen LogP contribution is -2.27. The average molecular weight is 212 g/mol. The summed E-state index contributed by atoms with van der Waals surface area (Å²) >= 11 is 0. The first-order valence-electron chi connectivity index (χ1n) is 6.08. The summed E-state index contributed by atoms with van der Waals surface area (Å²) in [5.41, 5.74) is 8.16. The van der Waals surface area contributed by atoms with Gasteiger partial charge in [-0.3, -0.25) is 0 Å². The van der Waals surface area contributed by atoms with Gasteiger partial charge in [-0.05, 0) is 44.4 Å². The van der Waals surface area contributed by atoms with Gasteiger partial charge in [-0.1, -0.05) is 31.8 Å². The van der Waals surface area contributed by atoms with Crippen molar-refractivity contribution in [1.29, 1.82) is 0 Å². The van der Waals surface area contributed by atoms with Gasteiger partial charge in [-0.15, -0.1) is 0 Å². The van der Waals surface area contributed by atoms with Crippen molar-refractivity contribution in [1.82, 2.24) is 4.90 Å². The van der Waals surface area contributed by atoms with Crippen LogP contribution in [0.25, 0.3) is 10.4 Å². The fourth-order valence-corrected chi connectivity index (χ4v) is 1.51. The van der Waals surface area contributed by atoms with Crippen molar-refractivity contribution in [3.63, 3.8) is 0 Å². The minimum Gasteiger partial charge on any atom is -0.303 e. The standard InChI is InChI=1S/C11H24N4/c1-3-5-9-15(10-6-4-2)11-7-8-13-14-12/h3-11H2,1-2H3. The SMILES string of the molecule is CCCCN(CCCC)CCCN=[N+]=[N-]. The second-order valence-electron chi connectivity index (χ2n) is 3.86. The molecule has 0 aromatic heterocycles. The van der Waals surface area contributed by atoms with Gasteiger partial charge in [0.15, 0.2) is 0 Å². The molecule has 0 spiro atoms. The van der Waals surface area contributed by atoms with E-state index in [1.165, 1.54) is 38.8 Å². The molecule has 0 aliphatic rings. The molecule has 0 rings (SSSR count). The van der Waals surface area contributed by atoms with Crippen molar-refractivity contribution in [3.05, 3.63) is 10.4 Å². The van der Waals surface area contributed by atoms with Gasteiger partial charge in [0.1, 0.15) is 0 Å². The minimum absolute atomic E-state index is 0.630. The van der Waals surface area contributed by atoms with Gasteiger partial charge >= 0.3 is 0 Å². The first-order valence-corrected chi connectivity index (χ1v) is 6.08. The molecule has 0 unspecified atom stereocenters. The Bertz CT molecular complexity index is 167. The molecule has 0 amide bonds. The highest BCUT2D eigenvalue weighted by Gasteiger charge is 2.02. The van der Waals surface area contributed by atoms with Crippen LogP contribution in [0, 0.1) is 0 Å². The van der Waals surface area contributed by atoms with Gasteiger partial charge in [0, 0.05) is 11.5 Å². The van der Waals surface area contributed by atoms with E-state index in [1.807, 2.05) is 0 Å². The maximum absolute atomic E-state index is 8.16. The van der Waals surface area contributed by atoms with Crippen LogP contribution in [0.5, 0.6) is 0 Å². The molecule has 0 fully saturated rings. The van der Waals surface area contributed by atoms with Gasteiger partial charge < -0.3 is 4.90 Å². The summed E-state index contributed by atoms with van der Waals surface area (Å²) in [5, 5.41) is 3.56. The van der Waals surface area contributed by atoms with Crippen molar-refractivity contribution in [2.75, 3.05) is 26.2 Å². The molecule has 0 saturated heterocycles. The number of azide groups is 1. The smallest absolute Gasteiger partial charge is 0.0270 e. The Morgan fingerprint density at radius 3 is 2.00 bits per heavy atom. The molecule has 0 saturated carbocycles. The van der Waals surface area contributed by atoms with Gasteiger partial charge in [0.25, 0.3) is 0 Å². The van der Waals surface area contributed by atoms with Crippen LogP contribution in [0.1, 0.15) is 46.0 Å². The molecular formula is C11H24N4. The highest BCUT2D eigenvalue weighted by atomic mass is 15.1. The van der Waals surface area contributed by atoms with E-state index in [9.17, 15) is 0 Å². The predicted molar refractivity (Wildman–Crippen MR) is 64.9 cm³/mol. The van der Waals surface area contributed by atoms with Crippen LogP contribution in [0.2, 0.25) is 0 Å². The Labute approximate surface area is 93.3 Å². The highest BCUT2D eigenvalue weighted by molar-refractivity contribution is 4.59. The number of hydrogen-bond donors (Lipinski definition) is 0. The van der Waals surface area contributed by atoms with Crippen LogP contribution in [-0.2, 0) is 0 Å². The maximum Gasteiger partial charge on any atom is 0.0270 e. The molecule has 0 heterocycles. The van der Waals surface area contributed by atoms with Crippen molar-refractivity contribution >= 4 is 0 Å². The van der Waals surface area contributed by atoms with Gasteiger partial charge in [0.05, 0.1) is 0 Å². The minimum atomic E-state index is 0.630. The molecule has 0 N–H and O–H groups in total. The molecule has 0 atom stereocenters. The van der Waals surface area contributed by atoms with Gasteiger partial charge in [-0.25, -0.2) is 0 Å². The molecule has 4 heteroatoms. The molecule has 0 radical (unpaired) electrons. The second-order valence-corrected chi connectivity index (χ2v) is 3.86. The summed E-state index contributed by atoms with van der Waals surface area (Å²) in [7, 11) is 0. The van der Waals surface area contributed by atoms with Crippen molar-refractivity contribution in [2.45, 2.75) is 46.0 Å². The van der Waals surface area contributed by atoms with Crippen LogP contribution in [0.15, 0.2) is 5.11 Å². The molecule has 4 nitrogen and oxygen atoms in total. The van der Waals surface area contributed by atoms with E-state index >= 15 is 0 Å². The fraction of sp³-hybridized carbons (Fsp3) is 1.00. The summed E-state index contributed by atoms with van der Waals surface area (Å²) in [4.78, 5) is 5.25. The molecular weight excluding hydrogens is 188 g/mol. The Morgan fingerprint density at radius 2 is 1.53 bits per heavy atom. The first kappa shape index (κ1) is 14.3. The first-order chi connectivity index (χ1) is 7.35. The fourth-order valence-electron chi connectivity index (χ4n) is 1.51. The number of hydrogen-bond acceptors (Lipinski definition) is 2. The zero-order chi connectivity index (χ0) is 11.4. The monoisotopic (exact) mass is 212 g/mol. The van der Waals surface area contributed by atoms with Crippen molar-refractivity contribution < 1.29 is 0 Å². The van der Waals surface area contributed by atoms with Crippen LogP contribution < -0.4 is 0 Å². The van der Waals surface area contributed by atoms with E-state index in [4.69, 9.17) is 5.53 Å². The number of unbranched alkanes of at least 4 members (excludes halogenated alkanes) is 2. The van der Waals surface area contributed by atoms with E-state index in [0.29, 0.717) is 6.54 Å². The third-order valence-corrected chi connectivity index (χ3v) is 2.45. The van der Waals surface area contributed by atoms with E-state index in [2.05, 4.69) is 28.8 Å². The number of nitrogens with zero attached hydrogens (tertiary/aromatic N) is 4. The zero-order valence-corrected chi connectivity index (χ0v) is 10.2. The van der Waals surface area contributed by atoms with Crippen LogP contribution in [0.4, 0.5) is 0 Å². The summed E-state index contributed by atoms with van der Waals surface area (Å²) in [6.07, 6.45) is 6.02. The topological polar surface area (TPSA) is 52.0 Å². The Kier molecular flexibility index (Phi) is 10.8. The summed E-state index contributed by atoms with van der Waals surface area (Å²) in [6.45, 7) is 8.51. The molecule has 0 aliphatic carbocycles. The summed E-state index contributed by atoms with van der Waals surface area (Å²) < 4.78 is 0. The quantitative estimate of drug-likeness (QED) is 0.236. The third-order valence-electron chi connectivity index (χ3n) is 2.45. The summed E-state index contributed by atoms with van der Waals surface area (Å²) in [5.74, 6) is 0. The molecule has 0 aliphatic heterocycles. The molecule has 0 aromatic rings. The molecule has 88 valence electrons. The lowest BCUT2D eigenvalue weighted by Gasteiger charge is -2.21. The van der Waals surface area contributed by atoms with E-state index in [-0.39, 0.29) is 0 Å². The zero-order valence-electron chi connectivity index (χ0n) is 10.2. The lowest BCUT2D eigenvalue weighted by molar-refractivity contribution is 0.263. The maximum atomic E-state index is 8.16. The van der Waals surface area contributed by atoms with Crippen molar-refractivity contribution in [3.8, 4) is 0 Å². The van der Waals surface area contributed by atoms with Gasteiger partial charge in [0.2, 0.25) is 0 Å². The Balaban J connectivity index is 3.62. The third kappa shape index (κ3) is 9.57. The summed E-state index contributed by atoms with van der Waals surface area (Å²) in [6, 6.07) is 0. The van der Waals surface area contributed by atoms with E-state index in [1.54, 1.807) is 0 Å². The van der Waals surface area contributed by atoms with Crippen LogP contribution >= 0.6 is 0 Å². The molecule has 0 aromatic carbocycles. The van der Waals surface area contributed by atoms with E-state index < -0.39 is 0 Å².